The lowest BCUT2D eigenvalue weighted by Crippen LogP contribution is -2.39. The van der Waals surface area contributed by atoms with Crippen LogP contribution in [-0.2, 0) is 26.2 Å². The van der Waals surface area contributed by atoms with E-state index in [9.17, 15) is 18.0 Å². The van der Waals surface area contributed by atoms with Crippen molar-refractivity contribution >= 4 is 17.6 Å². The highest BCUT2D eigenvalue weighted by atomic mass is 35.5. The number of nitrogens with one attached hydrogen (secondary N) is 2. The van der Waals surface area contributed by atoms with Crippen molar-refractivity contribution < 1.29 is 18.0 Å². The van der Waals surface area contributed by atoms with Crippen LogP contribution in [0, 0.1) is 0 Å². The first-order valence-corrected chi connectivity index (χ1v) is 10.1. The molecule has 164 valence electrons. The number of halogens is 4. The summed E-state index contributed by atoms with van der Waals surface area (Å²) in [6, 6.07) is 6.57. The van der Waals surface area contributed by atoms with Crippen LogP contribution in [0.2, 0.25) is 5.02 Å². The van der Waals surface area contributed by atoms with E-state index in [0.29, 0.717) is 10.7 Å². The standard InChI is InChI=1S/C20H20ClF3N6O/c1-29-17-7-3-6-16(15(17)11-26-29)27-19(31)25-10-14-9-18(20(22,23)24)28-30(14)13-5-2-4-12(21)8-13/h2,4-5,8-9,11,16H,3,6-7,10H2,1H3,(H2,25,27,31). The predicted molar refractivity (Wildman–Crippen MR) is 108 cm³/mol. The summed E-state index contributed by atoms with van der Waals surface area (Å²) in [5, 5.41) is 13.8. The highest BCUT2D eigenvalue weighted by Gasteiger charge is 2.35. The number of hydrogen-bond acceptors (Lipinski definition) is 3. The molecule has 3 aromatic rings. The van der Waals surface area contributed by atoms with Crippen molar-refractivity contribution in [1.82, 2.24) is 30.2 Å². The molecule has 0 fully saturated rings. The minimum atomic E-state index is -4.61. The molecule has 0 spiro atoms. The first kappa shape index (κ1) is 21.2. The normalized spacial score (nSPS) is 16.1. The van der Waals surface area contributed by atoms with E-state index in [1.807, 2.05) is 7.05 Å². The SMILES string of the molecule is Cn1ncc2c1CCCC2NC(=O)NCc1cc(C(F)(F)F)nn1-c1cccc(Cl)c1. The third-order valence-corrected chi connectivity index (χ3v) is 5.47. The predicted octanol–water partition coefficient (Wildman–Crippen LogP) is 4.15. The minimum absolute atomic E-state index is 0.145. The summed E-state index contributed by atoms with van der Waals surface area (Å²) < 4.78 is 42.6. The highest BCUT2D eigenvalue weighted by Crippen LogP contribution is 2.31. The summed E-state index contributed by atoms with van der Waals surface area (Å²) >= 11 is 5.97. The number of carbonyl (C=O) groups excluding carboxylic acids is 1. The average molecular weight is 453 g/mol. The van der Waals surface area contributed by atoms with Gasteiger partial charge in [0.2, 0.25) is 0 Å². The van der Waals surface area contributed by atoms with Crippen molar-refractivity contribution in [2.45, 2.75) is 38.0 Å². The Labute approximate surface area is 181 Å². The molecule has 11 heteroatoms. The summed E-state index contributed by atoms with van der Waals surface area (Å²) in [7, 11) is 1.86. The van der Waals surface area contributed by atoms with Crippen LogP contribution >= 0.6 is 11.6 Å². The van der Waals surface area contributed by atoms with Gasteiger partial charge in [-0.3, -0.25) is 4.68 Å². The lowest BCUT2D eigenvalue weighted by atomic mass is 9.93. The number of aryl methyl sites for hydroxylation is 1. The Hall–Kier alpha value is -3.01. The number of alkyl halides is 3. The lowest BCUT2D eigenvalue weighted by molar-refractivity contribution is -0.141. The van der Waals surface area contributed by atoms with Crippen LogP contribution in [0.1, 0.15) is 41.5 Å². The van der Waals surface area contributed by atoms with Gasteiger partial charge in [-0.15, -0.1) is 0 Å². The van der Waals surface area contributed by atoms with E-state index in [-0.39, 0.29) is 18.3 Å². The molecule has 0 saturated heterocycles. The first-order valence-electron chi connectivity index (χ1n) is 9.69. The third-order valence-electron chi connectivity index (χ3n) is 5.24. The number of rotatable bonds is 4. The van der Waals surface area contributed by atoms with Crippen LogP contribution < -0.4 is 10.6 Å². The van der Waals surface area contributed by atoms with Gasteiger partial charge in [0.25, 0.3) is 0 Å². The zero-order valence-corrected chi connectivity index (χ0v) is 17.3. The summed E-state index contributed by atoms with van der Waals surface area (Å²) in [5.41, 5.74) is 1.54. The van der Waals surface area contributed by atoms with E-state index >= 15 is 0 Å². The first-order chi connectivity index (χ1) is 14.7. The van der Waals surface area contributed by atoms with E-state index in [0.717, 1.165) is 41.3 Å². The van der Waals surface area contributed by atoms with Crippen molar-refractivity contribution in [3.8, 4) is 5.69 Å². The monoisotopic (exact) mass is 452 g/mol. The second-order valence-electron chi connectivity index (χ2n) is 7.35. The summed E-state index contributed by atoms with van der Waals surface area (Å²) in [5.74, 6) is 0. The number of benzene rings is 1. The fourth-order valence-electron chi connectivity index (χ4n) is 3.75. The average Bonchev–Trinajstić information content (AvgIpc) is 3.31. The highest BCUT2D eigenvalue weighted by molar-refractivity contribution is 6.30. The van der Waals surface area contributed by atoms with Crippen LogP contribution in [0.4, 0.5) is 18.0 Å². The van der Waals surface area contributed by atoms with Gasteiger partial charge < -0.3 is 10.6 Å². The number of amides is 2. The maximum absolute atomic E-state index is 13.2. The van der Waals surface area contributed by atoms with Gasteiger partial charge in [0.05, 0.1) is 30.2 Å². The second-order valence-corrected chi connectivity index (χ2v) is 7.79. The summed E-state index contributed by atoms with van der Waals surface area (Å²) in [6.45, 7) is -0.145. The molecule has 0 radical (unpaired) electrons. The van der Waals surface area contributed by atoms with E-state index in [2.05, 4.69) is 20.8 Å². The molecular weight excluding hydrogens is 433 g/mol. The van der Waals surface area contributed by atoms with Gasteiger partial charge in [-0.25, -0.2) is 9.48 Å². The topological polar surface area (TPSA) is 76.8 Å². The van der Waals surface area contributed by atoms with Crippen LogP contribution in [0.15, 0.2) is 36.5 Å². The quantitative estimate of drug-likeness (QED) is 0.624. The van der Waals surface area contributed by atoms with Crippen LogP contribution in [0.25, 0.3) is 5.69 Å². The van der Waals surface area contributed by atoms with Gasteiger partial charge in [0, 0.05) is 23.3 Å². The van der Waals surface area contributed by atoms with Gasteiger partial charge in [0.15, 0.2) is 5.69 Å². The van der Waals surface area contributed by atoms with Crippen LogP contribution in [0.5, 0.6) is 0 Å². The number of urea groups is 1. The minimum Gasteiger partial charge on any atom is -0.332 e. The van der Waals surface area contributed by atoms with E-state index in [4.69, 9.17) is 11.6 Å². The molecule has 0 aliphatic heterocycles. The Balaban J connectivity index is 1.50. The van der Waals surface area contributed by atoms with Crippen LogP contribution in [-0.4, -0.2) is 25.6 Å². The molecule has 2 heterocycles. The molecule has 1 aromatic carbocycles. The molecule has 31 heavy (non-hydrogen) atoms. The van der Waals surface area contributed by atoms with Gasteiger partial charge in [-0.1, -0.05) is 17.7 Å². The van der Waals surface area contributed by atoms with E-state index in [1.165, 1.54) is 6.07 Å². The molecule has 2 amide bonds. The number of carbonyl (C=O) groups is 1. The fraction of sp³-hybridized carbons (Fsp3) is 0.350. The van der Waals surface area contributed by atoms with Crippen molar-refractivity contribution in [2.24, 2.45) is 7.05 Å². The summed E-state index contributed by atoms with van der Waals surface area (Å²) in [6.07, 6.45) is -0.299. The molecule has 4 rings (SSSR count). The van der Waals surface area contributed by atoms with Crippen LogP contribution in [0.3, 0.4) is 0 Å². The second kappa shape index (κ2) is 8.26. The van der Waals surface area contributed by atoms with Gasteiger partial charge in [-0.05, 0) is 43.5 Å². The Morgan fingerprint density at radius 3 is 2.87 bits per heavy atom. The van der Waals surface area contributed by atoms with Gasteiger partial charge in [-0.2, -0.15) is 23.4 Å². The maximum atomic E-state index is 13.2. The maximum Gasteiger partial charge on any atom is 0.435 e. The Bertz CT molecular complexity index is 1110. The van der Waals surface area contributed by atoms with Crippen molar-refractivity contribution in [1.29, 1.82) is 0 Å². The van der Waals surface area contributed by atoms with Crippen molar-refractivity contribution in [3.63, 3.8) is 0 Å². The molecule has 2 aromatic heterocycles. The largest absolute Gasteiger partial charge is 0.435 e. The van der Waals surface area contributed by atoms with Gasteiger partial charge in [0.1, 0.15) is 0 Å². The zero-order chi connectivity index (χ0) is 22.2. The van der Waals surface area contributed by atoms with Crippen molar-refractivity contribution in [3.05, 3.63) is 64.2 Å². The van der Waals surface area contributed by atoms with Crippen molar-refractivity contribution in [2.75, 3.05) is 0 Å². The van der Waals surface area contributed by atoms with E-state index in [1.54, 1.807) is 29.1 Å². The molecule has 1 atom stereocenters. The van der Waals surface area contributed by atoms with E-state index < -0.39 is 17.9 Å². The zero-order valence-electron chi connectivity index (χ0n) is 16.6. The number of aromatic nitrogens is 4. The Morgan fingerprint density at radius 1 is 1.32 bits per heavy atom. The third kappa shape index (κ3) is 4.53. The number of fused-ring (bicyclic) bond motifs is 1. The Morgan fingerprint density at radius 2 is 2.13 bits per heavy atom. The summed E-state index contributed by atoms with van der Waals surface area (Å²) in [4.78, 5) is 12.5. The van der Waals surface area contributed by atoms with Gasteiger partial charge >= 0.3 is 12.2 Å². The fourth-order valence-corrected chi connectivity index (χ4v) is 3.94. The molecule has 1 unspecified atom stereocenters. The number of hydrogen-bond donors (Lipinski definition) is 2. The lowest BCUT2D eigenvalue weighted by Gasteiger charge is -2.24. The molecule has 0 bridgehead atoms. The molecule has 1 aliphatic rings. The smallest absolute Gasteiger partial charge is 0.332 e. The molecule has 2 N–H and O–H groups in total. The molecule has 7 nitrogen and oxygen atoms in total. The number of nitrogens with zero attached hydrogens (tertiary/aromatic N) is 4. The molecule has 1 aliphatic carbocycles. The Kier molecular flexibility index (Phi) is 5.65. The molecular formula is C20H20ClF3N6O. The molecule has 0 saturated carbocycles.